The molecule has 0 radical (unpaired) electrons. The van der Waals surface area contributed by atoms with Crippen LogP contribution in [0, 0.1) is 18.8 Å². The normalized spacial score (nSPS) is 9.50. The molecule has 100 valence electrons. The summed E-state index contributed by atoms with van der Waals surface area (Å²) in [5.41, 5.74) is 2.94. The molecule has 2 aromatic rings. The van der Waals surface area contributed by atoms with E-state index < -0.39 is 0 Å². The molecule has 20 heavy (non-hydrogen) atoms. The maximum Gasteiger partial charge on any atom is 0.255 e. The number of nitrogens with zero attached hydrogens (tertiary/aromatic N) is 1. The fraction of sp³-hybridized carbons (Fsp3) is 0.125. The van der Waals surface area contributed by atoms with E-state index in [1.807, 2.05) is 19.1 Å². The van der Waals surface area contributed by atoms with Crippen LogP contribution in [0.15, 0.2) is 42.7 Å². The molecule has 0 spiro atoms. The summed E-state index contributed by atoms with van der Waals surface area (Å²) in [6, 6.07) is 8.82. The molecule has 1 heterocycles. The minimum absolute atomic E-state index is 0.188. The van der Waals surface area contributed by atoms with Crippen molar-refractivity contribution >= 4 is 11.6 Å². The van der Waals surface area contributed by atoms with Gasteiger partial charge in [-0.2, -0.15) is 0 Å². The number of aliphatic hydroxyl groups excluding tert-OH is 1. The smallest absolute Gasteiger partial charge is 0.255 e. The first kappa shape index (κ1) is 13.8. The Bertz CT molecular complexity index is 670. The van der Waals surface area contributed by atoms with Crippen molar-refractivity contribution in [1.29, 1.82) is 0 Å². The molecule has 0 saturated heterocycles. The van der Waals surface area contributed by atoms with Gasteiger partial charge in [0.1, 0.15) is 6.61 Å². The minimum atomic E-state index is -0.192. The molecular formula is C16H14N2O2. The molecule has 0 aliphatic rings. The lowest BCUT2D eigenvalue weighted by atomic mass is 10.1. The Balaban J connectivity index is 2.22. The van der Waals surface area contributed by atoms with Gasteiger partial charge in [0.05, 0.1) is 0 Å². The maximum absolute atomic E-state index is 12.1. The highest BCUT2D eigenvalue weighted by molar-refractivity contribution is 6.04. The van der Waals surface area contributed by atoms with Gasteiger partial charge in [-0.1, -0.05) is 17.9 Å². The standard InChI is InChI=1S/C16H14N2O2/c1-12-4-5-13(3-2-10-19)11-15(12)18-16(20)14-6-8-17-9-7-14/h4-9,11,19H,10H2,1H3,(H,18,20). The zero-order valence-corrected chi connectivity index (χ0v) is 11.1. The van der Waals surface area contributed by atoms with E-state index in [9.17, 15) is 4.79 Å². The van der Waals surface area contributed by atoms with Crippen LogP contribution in [0.2, 0.25) is 0 Å². The molecular weight excluding hydrogens is 252 g/mol. The molecule has 0 bridgehead atoms. The minimum Gasteiger partial charge on any atom is -0.384 e. The number of pyridine rings is 1. The summed E-state index contributed by atoms with van der Waals surface area (Å²) < 4.78 is 0. The third-order valence-electron chi connectivity index (χ3n) is 2.74. The predicted octanol–water partition coefficient (Wildman–Crippen LogP) is 1.99. The second-order valence-corrected chi connectivity index (χ2v) is 4.18. The third-order valence-corrected chi connectivity index (χ3v) is 2.74. The first-order chi connectivity index (χ1) is 9.70. The van der Waals surface area contributed by atoms with Gasteiger partial charge in [-0.05, 0) is 36.8 Å². The van der Waals surface area contributed by atoms with Crippen molar-refractivity contribution in [3.05, 3.63) is 59.4 Å². The average molecular weight is 266 g/mol. The Morgan fingerprint density at radius 2 is 2.05 bits per heavy atom. The van der Waals surface area contributed by atoms with E-state index in [4.69, 9.17) is 5.11 Å². The van der Waals surface area contributed by atoms with Gasteiger partial charge < -0.3 is 10.4 Å². The predicted molar refractivity (Wildman–Crippen MR) is 77.3 cm³/mol. The van der Waals surface area contributed by atoms with Crippen LogP contribution in [-0.2, 0) is 0 Å². The molecule has 0 unspecified atom stereocenters. The molecule has 4 heteroatoms. The van der Waals surface area contributed by atoms with Crippen LogP contribution in [0.4, 0.5) is 5.69 Å². The Kier molecular flexibility index (Phi) is 4.48. The molecule has 0 aliphatic carbocycles. The summed E-state index contributed by atoms with van der Waals surface area (Å²) in [5, 5.41) is 11.5. The molecule has 4 nitrogen and oxygen atoms in total. The van der Waals surface area contributed by atoms with E-state index in [1.165, 1.54) is 0 Å². The topological polar surface area (TPSA) is 62.2 Å². The highest BCUT2D eigenvalue weighted by atomic mass is 16.2. The number of anilines is 1. The van der Waals surface area contributed by atoms with Gasteiger partial charge >= 0.3 is 0 Å². The quantitative estimate of drug-likeness (QED) is 0.817. The number of amides is 1. The lowest BCUT2D eigenvalue weighted by molar-refractivity contribution is 0.102. The molecule has 0 fully saturated rings. The van der Waals surface area contributed by atoms with Crippen molar-refractivity contribution in [3.8, 4) is 11.8 Å². The van der Waals surface area contributed by atoms with Gasteiger partial charge in [-0.25, -0.2) is 0 Å². The number of hydrogen-bond donors (Lipinski definition) is 2. The number of aromatic nitrogens is 1. The van der Waals surface area contributed by atoms with Crippen molar-refractivity contribution in [2.75, 3.05) is 11.9 Å². The van der Waals surface area contributed by atoms with Crippen molar-refractivity contribution in [2.24, 2.45) is 0 Å². The lowest BCUT2D eigenvalue weighted by Crippen LogP contribution is -2.12. The Morgan fingerprint density at radius 3 is 2.75 bits per heavy atom. The van der Waals surface area contributed by atoms with Crippen LogP contribution in [0.25, 0.3) is 0 Å². The zero-order valence-electron chi connectivity index (χ0n) is 11.1. The Hall–Kier alpha value is -2.64. The van der Waals surface area contributed by atoms with E-state index in [0.29, 0.717) is 11.3 Å². The number of nitrogens with one attached hydrogen (secondary N) is 1. The number of aliphatic hydroxyl groups is 1. The van der Waals surface area contributed by atoms with Gasteiger partial charge in [0.2, 0.25) is 0 Å². The fourth-order valence-corrected chi connectivity index (χ4v) is 1.67. The second-order valence-electron chi connectivity index (χ2n) is 4.18. The second kappa shape index (κ2) is 6.50. The fourth-order valence-electron chi connectivity index (χ4n) is 1.67. The lowest BCUT2D eigenvalue weighted by Gasteiger charge is -2.08. The molecule has 1 aromatic carbocycles. The number of hydrogen-bond acceptors (Lipinski definition) is 3. The van der Waals surface area contributed by atoms with Crippen molar-refractivity contribution < 1.29 is 9.90 Å². The van der Waals surface area contributed by atoms with Gasteiger partial charge in [-0.15, -0.1) is 0 Å². The van der Waals surface area contributed by atoms with E-state index in [0.717, 1.165) is 11.1 Å². The van der Waals surface area contributed by atoms with E-state index in [-0.39, 0.29) is 12.5 Å². The Labute approximate surface area is 117 Å². The molecule has 0 aliphatic heterocycles. The number of benzene rings is 1. The summed E-state index contributed by atoms with van der Waals surface area (Å²) in [7, 11) is 0. The Morgan fingerprint density at radius 1 is 1.30 bits per heavy atom. The summed E-state index contributed by atoms with van der Waals surface area (Å²) >= 11 is 0. The van der Waals surface area contributed by atoms with Crippen LogP contribution >= 0.6 is 0 Å². The van der Waals surface area contributed by atoms with Crippen molar-refractivity contribution in [1.82, 2.24) is 4.98 Å². The van der Waals surface area contributed by atoms with E-state index in [1.54, 1.807) is 30.6 Å². The highest BCUT2D eigenvalue weighted by Crippen LogP contribution is 2.17. The summed E-state index contributed by atoms with van der Waals surface area (Å²) in [5.74, 6) is 5.20. The molecule has 0 saturated carbocycles. The molecule has 0 atom stereocenters. The SMILES string of the molecule is Cc1ccc(C#CCO)cc1NC(=O)c1ccncc1. The summed E-state index contributed by atoms with van der Waals surface area (Å²) in [6.45, 7) is 1.72. The van der Waals surface area contributed by atoms with Gasteiger partial charge in [0, 0.05) is 29.2 Å². The van der Waals surface area contributed by atoms with Crippen LogP contribution in [0.3, 0.4) is 0 Å². The van der Waals surface area contributed by atoms with E-state index >= 15 is 0 Å². The highest BCUT2D eigenvalue weighted by Gasteiger charge is 2.07. The first-order valence-electron chi connectivity index (χ1n) is 6.12. The van der Waals surface area contributed by atoms with Crippen LogP contribution < -0.4 is 5.32 Å². The third kappa shape index (κ3) is 3.44. The number of carbonyl (C=O) groups excluding carboxylic acids is 1. The van der Waals surface area contributed by atoms with Gasteiger partial charge in [0.25, 0.3) is 5.91 Å². The van der Waals surface area contributed by atoms with Crippen LogP contribution in [-0.4, -0.2) is 22.6 Å². The van der Waals surface area contributed by atoms with Crippen molar-refractivity contribution in [2.45, 2.75) is 6.92 Å². The van der Waals surface area contributed by atoms with Gasteiger partial charge in [-0.3, -0.25) is 9.78 Å². The first-order valence-corrected chi connectivity index (χ1v) is 6.12. The van der Waals surface area contributed by atoms with E-state index in [2.05, 4.69) is 22.1 Å². The molecule has 1 aromatic heterocycles. The number of rotatable bonds is 2. The molecule has 2 rings (SSSR count). The van der Waals surface area contributed by atoms with Gasteiger partial charge in [0.15, 0.2) is 0 Å². The summed E-state index contributed by atoms with van der Waals surface area (Å²) in [6.07, 6.45) is 3.15. The summed E-state index contributed by atoms with van der Waals surface area (Å²) in [4.78, 5) is 16.0. The molecule has 1 amide bonds. The zero-order chi connectivity index (χ0) is 14.4. The van der Waals surface area contributed by atoms with Crippen LogP contribution in [0.5, 0.6) is 0 Å². The maximum atomic E-state index is 12.1. The number of carbonyl (C=O) groups is 1. The number of aryl methyl sites for hydroxylation is 1. The molecule has 2 N–H and O–H groups in total. The monoisotopic (exact) mass is 266 g/mol. The van der Waals surface area contributed by atoms with Crippen molar-refractivity contribution in [3.63, 3.8) is 0 Å². The van der Waals surface area contributed by atoms with Crippen LogP contribution in [0.1, 0.15) is 21.5 Å². The average Bonchev–Trinajstić information content (AvgIpc) is 2.49. The largest absolute Gasteiger partial charge is 0.384 e.